The molecule has 1 spiro atoms. The summed E-state index contributed by atoms with van der Waals surface area (Å²) in [4.78, 5) is 16.3. The number of piperidine rings is 1. The Hall–Kier alpha value is -1.51. The minimum Gasteiger partial charge on any atom is -0.480 e. The molecule has 7 nitrogen and oxygen atoms in total. The van der Waals surface area contributed by atoms with Gasteiger partial charge in [-0.2, -0.15) is 0 Å². The minimum absolute atomic E-state index is 0.0155. The van der Waals surface area contributed by atoms with Crippen molar-refractivity contribution in [2.45, 2.75) is 42.1 Å². The number of hydrogen-bond acceptors (Lipinski definition) is 7. The van der Waals surface area contributed by atoms with Crippen LogP contribution in [0.4, 0.5) is 0 Å². The maximum atomic E-state index is 12.9. The number of sulfone groups is 1. The maximum absolute atomic E-state index is 12.9. The lowest BCUT2D eigenvalue weighted by atomic mass is 9.89. The van der Waals surface area contributed by atoms with Crippen LogP contribution in [0.15, 0.2) is 17.2 Å². The van der Waals surface area contributed by atoms with E-state index in [4.69, 9.17) is 9.47 Å². The molecule has 1 N–H and O–H groups in total. The Labute approximate surface area is 135 Å². The number of ketones is 1. The highest BCUT2D eigenvalue weighted by atomic mass is 32.2. The van der Waals surface area contributed by atoms with Crippen LogP contribution in [0.3, 0.4) is 0 Å². The first-order chi connectivity index (χ1) is 10.9. The van der Waals surface area contributed by atoms with Crippen molar-refractivity contribution < 1.29 is 22.7 Å². The van der Waals surface area contributed by atoms with Gasteiger partial charge in [0.05, 0.1) is 12.7 Å². The van der Waals surface area contributed by atoms with Gasteiger partial charge in [-0.15, -0.1) is 0 Å². The standard InChI is InChI=1S/C15H20N2O5S/c1-10-7-12(13(21-2)17-9-10)23(19,20)14-11(18)8-15(22-14)3-5-16-6-4-15/h7,9,14,16H,3-6,8H2,1-2H3. The van der Waals surface area contributed by atoms with Crippen molar-refractivity contribution in [3.8, 4) is 5.88 Å². The molecule has 2 fully saturated rings. The van der Waals surface area contributed by atoms with Crippen LogP contribution >= 0.6 is 0 Å². The summed E-state index contributed by atoms with van der Waals surface area (Å²) < 4.78 is 36.7. The Morgan fingerprint density at radius 1 is 1.39 bits per heavy atom. The fraction of sp³-hybridized carbons (Fsp3) is 0.600. The van der Waals surface area contributed by atoms with Crippen LogP contribution in [-0.4, -0.2) is 50.4 Å². The summed E-state index contributed by atoms with van der Waals surface area (Å²) in [5.41, 5.74) is -1.46. The molecule has 0 aliphatic carbocycles. The highest BCUT2D eigenvalue weighted by Crippen LogP contribution is 2.40. The van der Waals surface area contributed by atoms with Gasteiger partial charge in [0.25, 0.3) is 0 Å². The molecule has 0 saturated carbocycles. The van der Waals surface area contributed by atoms with Crippen molar-refractivity contribution in [3.63, 3.8) is 0 Å². The highest BCUT2D eigenvalue weighted by Gasteiger charge is 2.52. The normalized spacial score (nSPS) is 24.1. The lowest BCUT2D eigenvalue weighted by molar-refractivity contribution is -0.119. The first-order valence-corrected chi connectivity index (χ1v) is 9.08. The maximum Gasteiger partial charge on any atom is 0.232 e. The number of rotatable bonds is 3. The molecular formula is C15H20N2O5S. The number of methoxy groups -OCH3 is 1. The van der Waals surface area contributed by atoms with Crippen molar-refractivity contribution in [1.82, 2.24) is 10.3 Å². The fourth-order valence-electron chi connectivity index (χ4n) is 3.15. The van der Waals surface area contributed by atoms with Gasteiger partial charge in [0, 0.05) is 12.6 Å². The second-order valence-electron chi connectivity index (χ2n) is 6.09. The Morgan fingerprint density at radius 2 is 2.09 bits per heavy atom. The first-order valence-electron chi connectivity index (χ1n) is 7.54. The molecular weight excluding hydrogens is 320 g/mol. The van der Waals surface area contributed by atoms with Crippen LogP contribution in [-0.2, 0) is 19.4 Å². The molecule has 0 radical (unpaired) electrons. The summed E-state index contributed by atoms with van der Waals surface area (Å²) in [6.45, 7) is 3.17. The minimum atomic E-state index is -4.01. The number of carbonyl (C=O) groups excluding carboxylic acids is 1. The van der Waals surface area contributed by atoms with E-state index in [0.717, 1.165) is 13.1 Å². The van der Waals surface area contributed by atoms with Crippen LogP contribution in [0, 0.1) is 6.92 Å². The molecule has 1 unspecified atom stereocenters. The molecule has 126 valence electrons. The van der Waals surface area contributed by atoms with Crippen molar-refractivity contribution >= 4 is 15.6 Å². The van der Waals surface area contributed by atoms with Crippen molar-refractivity contribution in [1.29, 1.82) is 0 Å². The van der Waals surface area contributed by atoms with Crippen molar-refractivity contribution in [3.05, 3.63) is 17.8 Å². The number of aromatic nitrogens is 1. The van der Waals surface area contributed by atoms with Crippen molar-refractivity contribution in [2.75, 3.05) is 20.2 Å². The largest absolute Gasteiger partial charge is 0.480 e. The molecule has 1 atom stereocenters. The molecule has 0 aromatic carbocycles. The van der Waals surface area contributed by atoms with E-state index in [1.54, 1.807) is 6.92 Å². The number of Topliss-reactive ketones (excluding diaryl/α,β-unsaturated/α-hetero) is 1. The third kappa shape index (κ3) is 2.86. The topological polar surface area (TPSA) is 94.6 Å². The van der Waals surface area contributed by atoms with Gasteiger partial charge < -0.3 is 14.8 Å². The number of pyridine rings is 1. The monoisotopic (exact) mass is 340 g/mol. The Bertz CT molecular complexity index is 725. The van der Waals surface area contributed by atoms with Crippen molar-refractivity contribution in [2.24, 2.45) is 0 Å². The Balaban J connectivity index is 1.97. The van der Waals surface area contributed by atoms with E-state index in [9.17, 15) is 13.2 Å². The number of carbonyl (C=O) groups is 1. The SMILES string of the molecule is COc1ncc(C)cc1S(=O)(=O)C1OC2(CCNCC2)CC1=O. The van der Waals surface area contributed by atoms with Gasteiger partial charge in [-0.25, -0.2) is 13.4 Å². The van der Waals surface area contributed by atoms with E-state index < -0.39 is 26.7 Å². The Morgan fingerprint density at radius 3 is 2.74 bits per heavy atom. The second kappa shape index (κ2) is 5.85. The van der Waals surface area contributed by atoms with Crippen LogP contribution in [0.25, 0.3) is 0 Å². The highest BCUT2D eigenvalue weighted by molar-refractivity contribution is 7.92. The molecule has 3 rings (SSSR count). The van der Waals surface area contributed by atoms with E-state index >= 15 is 0 Å². The molecule has 2 aliphatic rings. The van der Waals surface area contributed by atoms with Gasteiger partial charge in [0.1, 0.15) is 4.90 Å². The first kappa shape index (κ1) is 16.4. The van der Waals surface area contributed by atoms with Crippen LogP contribution in [0.1, 0.15) is 24.8 Å². The number of aryl methyl sites for hydroxylation is 1. The molecule has 1 aromatic rings. The zero-order valence-corrected chi connectivity index (χ0v) is 14.0. The number of nitrogens with zero attached hydrogens (tertiary/aromatic N) is 1. The molecule has 2 aliphatic heterocycles. The molecule has 0 bridgehead atoms. The third-order valence-corrected chi connectivity index (χ3v) is 6.20. The number of nitrogens with one attached hydrogen (secondary N) is 1. The number of hydrogen-bond donors (Lipinski definition) is 1. The molecule has 23 heavy (non-hydrogen) atoms. The van der Waals surface area contributed by atoms with Gasteiger partial charge >= 0.3 is 0 Å². The van der Waals surface area contributed by atoms with E-state index in [1.165, 1.54) is 19.4 Å². The van der Waals surface area contributed by atoms with Gasteiger partial charge in [-0.3, -0.25) is 4.79 Å². The fourth-order valence-corrected chi connectivity index (χ4v) is 4.87. The summed E-state index contributed by atoms with van der Waals surface area (Å²) >= 11 is 0. The average molecular weight is 340 g/mol. The second-order valence-corrected chi connectivity index (χ2v) is 8.05. The van der Waals surface area contributed by atoms with Gasteiger partial charge in [0.15, 0.2) is 5.78 Å². The zero-order chi connectivity index (χ0) is 16.7. The van der Waals surface area contributed by atoms with Crippen LogP contribution in [0.2, 0.25) is 0 Å². The third-order valence-electron chi connectivity index (χ3n) is 4.37. The average Bonchev–Trinajstić information content (AvgIpc) is 2.84. The van der Waals surface area contributed by atoms with E-state index in [-0.39, 0.29) is 17.2 Å². The quantitative estimate of drug-likeness (QED) is 0.861. The predicted octanol–water partition coefficient (Wildman–Crippen LogP) is 0.610. The summed E-state index contributed by atoms with van der Waals surface area (Å²) in [5, 5.41) is 3.19. The van der Waals surface area contributed by atoms with Gasteiger partial charge in [-0.1, -0.05) is 0 Å². The summed E-state index contributed by atoms with van der Waals surface area (Å²) in [5.74, 6) is -0.409. The molecule has 1 aromatic heterocycles. The van der Waals surface area contributed by atoms with E-state index in [1.807, 2.05) is 0 Å². The molecule has 2 saturated heterocycles. The zero-order valence-electron chi connectivity index (χ0n) is 13.2. The lowest BCUT2D eigenvalue weighted by Crippen LogP contribution is -2.42. The molecule has 3 heterocycles. The van der Waals surface area contributed by atoms with Crippen LogP contribution < -0.4 is 10.1 Å². The van der Waals surface area contributed by atoms with Gasteiger partial charge in [-0.05, 0) is 44.5 Å². The van der Waals surface area contributed by atoms with Gasteiger partial charge in [0.2, 0.25) is 21.2 Å². The summed E-state index contributed by atoms with van der Waals surface area (Å²) in [7, 11) is -2.66. The van der Waals surface area contributed by atoms with E-state index in [2.05, 4.69) is 10.3 Å². The molecule has 0 amide bonds. The Kier molecular flexibility index (Phi) is 4.16. The smallest absolute Gasteiger partial charge is 0.232 e. The van der Waals surface area contributed by atoms with Crippen LogP contribution in [0.5, 0.6) is 5.88 Å². The lowest BCUT2D eigenvalue weighted by Gasteiger charge is -2.32. The van der Waals surface area contributed by atoms with E-state index in [0.29, 0.717) is 18.4 Å². The molecule has 8 heteroatoms. The summed E-state index contributed by atoms with van der Waals surface area (Å²) in [6, 6.07) is 1.46. The number of ether oxygens (including phenoxy) is 2. The summed E-state index contributed by atoms with van der Waals surface area (Å²) in [6.07, 6.45) is 2.92. The predicted molar refractivity (Wildman–Crippen MR) is 82.0 cm³/mol.